The molecule has 2 aliphatic rings. The van der Waals surface area contributed by atoms with E-state index in [-0.39, 0.29) is 18.0 Å². The molecule has 1 saturated carbocycles. The fourth-order valence-corrected chi connectivity index (χ4v) is 6.09. The predicted octanol–water partition coefficient (Wildman–Crippen LogP) is 6.11. The van der Waals surface area contributed by atoms with Crippen molar-refractivity contribution in [2.45, 2.75) is 44.8 Å². The number of nitrogens with zero attached hydrogens (tertiary/aromatic N) is 2. The number of carbonyl (C=O) groups excluding carboxylic acids is 2. The molecule has 0 saturated heterocycles. The lowest BCUT2D eigenvalue weighted by atomic mass is 9.92. The van der Waals surface area contributed by atoms with E-state index in [9.17, 15) is 14.7 Å². The Morgan fingerprint density at radius 1 is 1.11 bits per heavy atom. The molecule has 0 spiro atoms. The molecule has 0 unspecified atom stereocenters. The molecule has 1 aliphatic carbocycles. The number of aryl methyl sites for hydroxylation is 1. The number of anilines is 3. The predicted molar refractivity (Wildman–Crippen MR) is 144 cm³/mol. The van der Waals surface area contributed by atoms with Crippen molar-refractivity contribution in [2.24, 2.45) is 0 Å². The number of benzene rings is 2. The molecule has 0 bridgehead atoms. The molecular formula is C28H26N4O4S. The second-order valence-corrected chi connectivity index (χ2v) is 10.4. The van der Waals surface area contributed by atoms with Crippen LogP contribution in [0.2, 0.25) is 0 Å². The number of aliphatic hydroxyl groups excluding tert-OH is 1. The molecule has 6 rings (SSSR count). The van der Waals surface area contributed by atoms with Crippen molar-refractivity contribution >= 4 is 50.6 Å². The molecule has 9 heteroatoms. The van der Waals surface area contributed by atoms with E-state index in [2.05, 4.69) is 15.6 Å². The van der Waals surface area contributed by atoms with Gasteiger partial charge in [-0.15, -0.1) is 11.3 Å². The van der Waals surface area contributed by atoms with Crippen molar-refractivity contribution in [3.05, 3.63) is 71.2 Å². The smallest absolute Gasteiger partial charge is 0.331 e. The third-order valence-corrected chi connectivity index (χ3v) is 7.98. The fraction of sp³-hybridized carbons (Fsp3) is 0.250. The molecule has 3 amide bonds. The zero-order valence-electron chi connectivity index (χ0n) is 20.2. The monoisotopic (exact) mass is 514 g/mol. The van der Waals surface area contributed by atoms with Gasteiger partial charge in [-0.25, -0.2) is 9.78 Å². The largest absolute Gasteiger partial charge is 0.457 e. The van der Waals surface area contributed by atoms with Gasteiger partial charge in [-0.1, -0.05) is 31.0 Å². The van der Waals surface area contributed by atoms with Crippen LogP contribution in [0.15, 0.2) is 60.8 Å². The Kier molecular flexibility index (Phi) is 6.02. The zero-order valence-corrected chi connectivity index (χ0v) is 21.0. The summed E-state index contributed by atoms with van der Waals surface area (Å²) < 4.78 is 5.95. The van der Waals surface area contributed by atoms with Crippen molar-refractivity contribution in [3.63, 3.8) is 0 Å². The molecular weight excluding hydrogens is 488 g/mol. The first-order chi connectivity index (χ1) is 18.0. The Morgan fingerprint density at radius 3 is 2.70 bits per heavy atom. The van der Waals surface area contributed by atoms with Crippen molar-refractivity contribution in [1.29, 1.82) is 0 Å². The number of para-hydroxylation sites is 1. The van der Waals surface area contributed by atoms with Gasteiger partial charge in [0.15, 0.2) is 0 Å². The van der Waals surface area contributed by atoms with E-state index in [0.29, 0.717) is 38.9 Å². The first kappa shape index (κ1) is 23.4. The van der Waals surface area contributed by atoms with Crippen molar-refractivity contribution < 1.29 is 19.4 Å². The van der Waals surface area contributed by atoms with Gasteiger partial charge in [-0.3, -0.25) is 9.69 Å². The van der Waals surface area contributed by atoms with Gasteiger partial charge in [-0.05, 0) is 61.7 Å². The number of ether oxygens (including phenoxy) is 1. The first-order valence-corrected chi connectivity index (χ1v) is 13.2. The van der Waals surface area contributed by atoms with Crippen LogP contribution in [0.1, 0.15) is 40.9 Å². The van der Waals surface area contributed by atoms with Crippen LogP contribution in [-0.4, -0.2) is 34.2 Å². The Balaban J connectivity index is 1.34. The van der Waals surface area contributed by atoms with Crippen LogP contribution in [0, 0.1) is 6.92 Å². The molecule has 0 radical (unpaired) electrons. The summed E-state index contributed by atoms with van der Waals surface area (Å²) in [6, 6.07) is 16.2. The number of carbonyl (C=O) groups is 2. The highest BCUT2D eigenvalue weighted by Gasteiger charge is 2.34. The van der Waals surface area contributed by atoms with Gasteiger partial charge in [0, 0.05) is 6.20 Å². The number of hydrogen-bond donors (Lipinski definition) is 3. The van der Waals surface area contributed by atoms with Gasteiger partial charge >= 0.3 is 6.03 Å². The highest BCUT2D eigenvalue weighted by molar-refractivity contribution is 7.21. The highest BCUT2D eigenvalue weighted by Crippen LogP contribution is 2.46. The molecule has 2 aromatic heterocycles. The summed E-state index contributed by atoms with van der Waals surface area (Å²) in [6.07, 6.45) is 4.43. The van der Waals surface area contributed by atoms with Gasteiger partial charge in [0.1, 0.15) is 21.2 Å². The molecule has 3 N–H and O–H groups in total. The van der Waals surface area contributed by atoms with Crippen LogP contribution < -0.4 is 20.3 Å². The number of hydrogen-bond acceptors (Lipinski definition) is 6. The number of nitrogens with one attached hydrogen (secondary N) is 2. The molecule has 3 heterocycles. The third kappa shape index (κ3) is 4.30. The van der Waals surface area contributed by atoms with Gasteiger partial charge in [-0.2, -0.15) is 0 Å². The number of aromatic nitrogens is 1. The minimum absolute atomic E-state index is 0.291. The summed E-state index contributed by atoms with van der Waals surface area (Å²) in [6.45, 7) is 1.93. The van der Waals surface area contributed by atoms with Crippen molar-refractivity contribution in [2.75, 3.05) is 10.2 Å². The summed E-state index contributed by atoms with van der Waals surface area (Å²) in [4.78, 5) is 33.8. The van der Waals surface area contributed by atoms with Crippen LogP contribution in [0.4, 0.5) is 21.9 Å². The minimum atomic E-state index is -0.556. The molecule has 37 heavy (non-hydrogen) atoms. The molecule has 1 fully saturated rings. The minimum Gasteiger partial charge on any atom is -0.457 e. The maximum Gasteiger partial charge on any atom is 0.331 e. The van der Waals surface area contributed by atoms with Gasteiger partial charge in [0.05, 0.1) is 34.6 Å². The standard InChI is InChI=1S/C28H26N4O4S/c1-16-15-18(36-17-7-3-2-4-8-17)11-12-20(16)32-21-13-14-29-27-23(21)24(31-28(32)35)25(37-27)26(34)30-19-9-5-6-10-22(19)33/h2-4,7-8,11-15,19,22,33H,5-6,9-10H2,1H3,(H,30,34)(H,31,35)/t19-,22-/m1/s1. The molecule has 188 valence electrons. The van der Waals surface area contributed by atoms with E-state index < -0.39 is 6.10 Å². The normalized spacial score (nSPS) is 19.0. The molecule has 2 atom stereocenters. The Bertz CT molecular complexity index is 1500. The zero-order chi connectivity index (χ0) is 25.5. The van der Waals surface area contributed by atoms with E-state index in [1.54, 1.807) is 17.2 Å². The van der Waals surface area contributed by atoms with Crippen LogP contribution in [0.3, 0.4) is 0 Å². The van der Waals surface area contributed by atoms with E-state index in [1.807, 2.05) is 55.5 Å². The van der Waals surface area contributed by atoms with Crippen molar-refractivity contribution in [1.82, 2.24) is 10.3 Å². The topological polar surface area (TPSA) is 104 Å². The van der Waals surface area contributed by atoms with Crippen LogP contribution >= 0.6 is 11.3 Å². The summed E-state index contributed by atoms with van der Waals surface area (Å²) >= 11 is 1.24. The van der Waals surface area contributed by atoms with E-state index >= 15 is 0 Å². The summed E-state index contributed by atoms with van der Waals surface area (Å²) in [5.41, 5.74) is 2.69. The van der Waals surface area contributed by atoms with E-state index in [4.69, 9.17) is 4.74 Å². The maximum absolute atomic E-state index is 13.4. The lowest BCUT2D eigenvalue weighted by molar-refractivity contribution is 0.0720. The molecule has 8 nitrogen and oxygen atoms in total. The van der Waals surface area contributed by atoms with Gasteiger partial charge < -0.3 is 20.5 Å². The maximum atomic E-state index is 13.4. The third-order valence-electron chi connectivity index (χ3n) is 6.89. The Labute approximate surface area is 217 Å². The van der Waals surface area contributed by atoms with Crippen molar-refractivity contribution in [3.8, 4) is 11.5 Å². The Hall–Kier alpha value is -3.95. The number of thiophene rings is 1. The molecule has 1 aliphatic heterocycles. The van der Waals surface area contributed by atoms with Crippen LogP contribution in [-0.2, 0) is 0 Å². The summed E-state index contributed by atoms with van der Waals surface area (Å²) in [5, 5.41) is 16.9. The second-order valence-electron chi connectivity index (χ2n) is 9.38. The van der Waals surface area contributed by atoms with E-state index in [0.717, 1.165) is 36.0 Å². The lowest BCUT2D eigenvalue weighted by Gasteiger charge is -2.30. The number of rotatable bonds is 5. The fourth-order valence-electron chi connectivity index (χ4n) is 5.06. The van der Waals surface area contributed by atoms with E-state index in [1.165, 1.54) is 11.3 Å². The lowest BCUT2D eigenvalue weighted by Crippen LogP contribution is -2.45. The first-order valence-electron chi connectivity index (χ1n) is 12.3. The summed E-state index contributed by atoms with van der Waals surface area (Å²) in [5.74, 6) is 1.10. The molecule has 4 aromatic rings. The SMILES string of the molecule is Cc1cc(Oc2ccccc2)ccc1N1C(=O)Nc2c(C(=O)N[C@@H]3CCCC[C@H]3O)sc3nccc1c23. The second kappa shape index (κ2) is 9.49. The highest BCUT2D eigenvalue weighted by atomic mass is 32.1. The number of amides is 3. The average Bonchev–Trinajstić information content (AvgIpc) is 3.26. The summed E-state index contributed by atoms with van der Waals surface area (Å²) in [7, 11) is 0. The number of aliphatic hydroxyl groups is 1. The molecule has 2 aromatic carbocycles. The van der Waals surface area contributed by atoms with Gasteiger partial charge in [0.25, 0.3) is 5.91 Å². The average molecular weight is 515 g/mol. The van der Waals surface area contributed by atoms with Crippen LogP contribution in [0.5, 0.6) is 11.5 Å². The Morgan fingerprint density at radius 2 is 1.92 bits per heavy atom. The van der Waals surface area contributed by atoms with Gasteiger partial charge in [0.2, 0.25) is 0 Å². The number of urea groups is 1. The quantitative estimate of drug-likeness (QED) is 0.298. The number of pyridine rings is 1. The van der Waals surface area contributed by atoms with Crippen LogP contribution in [0.25, 0.3) is 10.2 Å².